The maximum Gasteiger partial charge on any atom is 0.212 e. The summed E-state index contributed by atoms with van der Waals surface area (Å²) in [5, 5.41) is 1.28. The van der Waals surface area contributed by atoms with Crippen molar-refractivity contribution in [1.29, 1.82) is 0 Å². The van der Waals surface area contributed by atoms with Crippen LogP contribution < -0.4 is 9.47 Å². The van der Waals surface area contributed by atoms with Crippen molar-refractivity contribution in [3.05, 3.63) is 83.7 Å². The second-order valence-electron chi connectivity index (χ2n) is 11.1. The van der Waals surface area contributed by atoms with E-state index in [1.807, 2.05) is 0 Å². The summed E-state index contributed by atoms with van der Waals surface area (Å²) in [6.45, 7) is 3.37. The van der Waals surface area contributed by atoms with Crippen molar-refractivity contribution in [2.75, 3.05) is 11.4 Å². The molecule has 0 spiro atoms. The van der Waals surface area contributed by atoms with Crippen molar-refractivity contribution in [2.24, 2.45) is 7.05 Å². The summed E-state index contributed by atoms with van der Waals surface area (Å²) in [5.41, 5.74) is 6.43. The summed E-state index contributed by atoms with van der Waals surface area (Å²) in [6.07, 6.45) is 26.5. The van der Waals surface area contributed by atoms with Crippen LogP contribution in [-0.2, 0) is 7.05 Å². The normalized spacial score (nSPS) is 13.9. The Morgan fingerprint density at radius 2 is 1.24 bits per heavy atom. The van der Waals surface area contributed by atoms with Crippen LogP contribution in [0.4, 0.5) is 5.69 Å². The van der Waals surface area contributed by atoms with Crippen molar-refractivity contribution in [3.8, 4) is 0 Å². The van der Waals surface area contributed by atoms with E-state index in [9.17, 15) is 0 Å². The highest BCUT2D eigenvalue weighted by Gasteiger charge is 2.19. The van der Waals surface area contributed by atoms with Gasteiger partial charge < -0.3 is 4.90 Å². The highest BCUT2D eigenvalue weighted by Crippen LogP contribution is 2.32. The smallest absolute Gasteiger partial charge is 0.212 e. The second-order valence-corrected chi connectivity index (χ2v) is 11.1. The summed E-state index contributed by atoms with van der Waals surface area (Å²) in [5.74, 6) is 0. The predicted molar refractivity (Wildman–Crippen MR) is 166 cm³/mol. The van der Waals surface area contributed by atoms with Crippen molar-refractivity contribution in [2.45, 2.75) is 96.8 Å². The molecular formula is C36H49N2+. The molecule has 0 saturated carbocycles. The van der Waals surface area contributed by atoms with Crippen molar-refractivity contribution < 1.29 is 4.57 Å². The van der Waals surface area contributed by atoms with E-state index in [1.165, 1.54) is 123 Å². The van der Waals surface area contributed by atoms with E-state index in [0.717, 1.165) is 6.54 Å². The first-order chi connectivity index (χ1) is 18.8. The third-order valence-electron chi connectivity index (χ3n) is 8.12. The first kappa shape index (κ1) is 28.1. The molecule has 0 N–H and O–H groups in total. The molecule has 0 atom stereocenters. The van der Waals surface area contributed by atoms with Gasteiger partial charge in [0.15, 0.2) is 0 Å². The molecule has 0 amide bonds. The number of aromatic nitrogens is 1. The summed E-state index contributed by atoms with van der Waals surface area (Å²) in [6, 6.07) is 21.9. The van der Waals surface area contributed by atoms with E-state index in [0.29, 0.717) is 0 Å². The molecule has 2 nitrogen and oxygen atoms in total. The van der Waals surface area contributed by atoms with E-state index in [2.05, 4.69) is 102 Å². The lowest BCUT2D eigenvalue weighted by atomic mass is 10.0. The van der Waals surface area contributed by atoms with E-state index in [-0.39, 0.29) is 0 Å². The summed E-state index contributed by atoms with van der Waals surface area (Å²) in [7, 11) is 2.17. The van der Waals surface area contributed by atoms with E-state index < -0.39 is 0 Å². The van der Waals surface area contributed by atoms with Gasteiger partial charge in [0.1, 0.15) is 7.05 Å². The van der Waals surface area contributed by atoms with Gasteiger partial charge in [-0.05, 0) is 36.3 Å². The zero-order chi connectivity index (χ0) is 26.4. The second kappa shape index (κ2) is 15.5. The fraction of sp³-hybridized carbons (Fsp3) is 0.472. The molecule has 0 saturated heterocycles. The van der Waals surface area contributed by atoms with Gasteiger partial charge in [-0.15, -0.1) is 0 Å². The molecule has 2 heterocycles. The molecule has 2 aromatic carbocycles. The van der Waals surface area contributed by atoms with Gasteiger partial charge in [0.05, 0.1) is 0 Å². The molecule has 202 valence electrons. The summed E-state index contributed by atoms with van der Waals surface area (Å²) >= 11 is 0. The monoisotopic (exact) mass is 509 g/mol. The Morgan fingerprint density at radius 3 is 1.95 bits per heavy atom. The van der Waals surface area contributed by atoms with Crippen LogP contribution in [0.5, 0.6) is 0 Å². The SMILES string of the molecule is CCCCCCCCCCCCCCCCN1/C(=C/c2ccc3ccccc3[n+]2C)C=Cc2ccccc21. The number of unbranched alkanes of at least 4 members (excludes halogenated alkanes) is 13. The van der Waals surface area contributed by atoms with Crippen LogP contribution in [0.25, 0.3) is 23.1 Å². The Morgan fingerprint density at radius 1 is 0.632 bits per heavy atom. The van der Waals surface area contributed by atoms with Gasteiger partial charge in [0.2, 0.25) is 11.2 Å². The van der Waals surface area contributed by atoms with Gasteiger partial charge in [-0.2, -0.15) is 4.57 Å². The van der Waals surface area contributed by atoms with Crippen LogP contribution in [0, 0.1) is 0 Å². The minimum Gasteiger partial charge on any atom is -0.341 e. The Kier molecular flexibility index (Phi) is 11.5. The first-order valence-corrected chi connectivity index (χ1v) is 15.4. The van der Waals surface area contributed by atoms with Crippen LogP contribution in [0.1, 0.15) is 108 Å². The van der Waals surface area contributed by atoms with Gasteiger partial charge in [0, 0.05) is 41.5 Å². The number of rotatable bonds is 16. The molecule has 3 aromatic rings. The number of aryl methyl sites for hydroxylation is 1. The number of hydrogen-bond acceptors (Lipinski definition) is 1. The predicted octanol–water partition coefficient (Wildman–Crippen LogP) is 10.0. The highest BCUT2D eigenvalue weighted by atomic mass is 15.1. The lowest BCUT2D eigenvalue weighted by Crippen LogP contribution is -2.33. The van der Waals surface area contributed by atoms with Crippen LogP contribution in [-0.4, -0.2) is 6.54 Å². The number of anilines is 1. The van der Waals surface area contributed by atoms with Gasteiger partial charge in [0.25, 0.3) is 0 Å². The fourth-order valence-corrected chi connectivity index (χ4v) is 5.77. The molecule has 0 radical (unpaired) electrons. The maximum atomic E-state index is 2.53. The molecule has 38 heavy (non-hydrogen) atoms. The molecule has 2 heteroatoms. The minimum atomic E-state index is 1.07. The average molecular weight is 510 g/mol. The van der Waals surface area contributed by atoms with Crippen LogP contribution >= 0.6 is 0 Å². The molecule has 1 aliphatic heterocycles. The summed E-state index contributed by atoms with van der Waals surface area (Å²) < 4.78 is 2.31. The topological polar surface area (TPSA) is 7.12 Å². The molecule has 0 aliphatic carbocycles. The number of benzene rings is 2. The minimum absolute atomic E-state index is 1.07. The zero-order valence-corrected chi connectivity index (χ0v) is 24.0. The quantitative estimate of drug-likeness (QED) is 0.138. The number of fused-ring (bicyclic) bond motifs is 2. The van der Waals surface area contributed by atoms with Crippen LogP contribution in [0.2, 0.25) is 0 Å². The Bertz CT molecular complexity index is 1190. The number of hydrogen-bond donors (Lipinski definition) is 0. The number of para-hydroxylation sites is 2. The van der Waals surface area contributed by atoms with Gasteiger partial charge in [-0.1, -0.05) is 127 Å². The van der Waals surface area contributed by atoms with Crippen LogP contribution in [0.15, 0.2) is 72.4 Å². The molecule has 0 fully saturated rings. The van der Waals surface area contributed by atoms with E-state index >= 15 is 0 Å². The van der Waals surface area contributed by atoms with E-state index in [4.69, 9.17) is 0 Å². The summed E-state index contributed by atoms with van der Waals surface area (Å²) in [4.78, 5) is 2.53. The lowest BCUT2D eigenvalue weighted by Gasteiger charge is -2.30. The molecule has 0 unspecified atom stereocenters. The molecule has 0 bridgehead atoms. The average Bonchev–Trinajstić information content (AvgIpc) is 2.95. The molecule has 1 aliphatic rings. The van der Waals surface area contributed by atoms with Crippen molar-refractivity contribution >= 4 is 28.7 Å². The highest BCUT2D eigenvalue weighted by molar-refractivity contribution is 5.80. The number of pyridine rings is 1. The van der Waals surface area contributed by atoms with Gasteiger partial charge in [-0.25, -0.2) is 0 Å². The Labute approximate surface area is 232 Å². The Hall–Kier alpha value is -2.87. The Balaban J connectivity index is 1.26. The van der Waals surface area contributed by atoms with Gasteiger partial charge >= 0.3 is 0 Å². The first-order valence-electron chi connectivity index (χ1n) is 15.4. The lowest BCUT2D eigenvalue weighted by molar-refractivity contribution is -0.646. The van der Waals surface area contributed by atoms with Crippen LogP contribution in [0.3, 0.4) is 0 Å². The zero-order valence-electron chi connectivity index (χ0n) is 24.0. The third-order valence-corrected chi connectivity index (χ3v) is 8.12. The van der Waals surface area contributed by atoms with Crippen molar-refractivity contribution in [3.63, 3.8) is 0 Å². The fourth-order valence-electron chi connectivity index (χ4n) is 5.77. The maximum absolute atomic E-state index is 2.53. The number of nitrogens with zero attached hydrogens (tertiary/aromatic N) is 2. The van der Waals surface area contributed by atoms with Crippen molar-refractivity contribution in [1.82, 2.24) is 0 Å². The third kappa shape index (κ3) is 8.06. The standard InChI is InChI=1S/C36H49N2/c1-3-4-5-6-7-8-9-10-11-12-13-14-15-20-29-38-34(28-26-32-22-17-19-24-36(32)38)30-33-27-25-31-21-16-18-23-35(31)37(33)2/h16-19,21-28,30H,3-15,20,29H2,1-2H3/q+1. The largest absolute Gasteiger partial charge is 0.341 e. The number of allylic oxidation sites excluding steroid dienone is 1. The van der Waals surface area contributed by atoms with Gasteiger partial charge in [-0.3, -0.25) is 0 Å². The molecule has 4 rings (SSSR count). The van der Waals surface area contributed by atoms with E-state index in [1.54, 1.807) is 0 Å². The molecule has 1 aromatic heterocycles. The molecular weight excluding hydrogens is 460 g/mol.